The van der Waals surface area contributed by atoms with Crippen molar-refractivity contribution in [2.24, 2.45) is 0 Å². The Hall–Kier alpha value is 0.870. The molecule has 0 aromatic carbocycles. The van der Waals surface area contributed by atoms with Crippen LogP contribution < -0.4 is 29.6 Å². The van der Waals surface area contributed by atoms with Crippen molar-refractivity contribution < 1.29 is 47.6 Å². The predicted octanol–water partition coefficient (Wildman–Crippen LogP) is 2.55. The SMILES string of the molecule is CCCCCCCCC(O)CCCCC(CCCCCC)S(=O)(=O)[O-].[Na+]. The molecule has 0 heterocycles. The van der Waals surface area contributed by atoms with Gasteiger partial charge in [0.1, 0.15) is 0 Å². The maximum atomic E-state index is 11.4. The van der Waals surface area contributed by atoms with Crippen molar-refractivity contribution >= 4 is 10.1 Å². The van der Waals surface area contributed by atoms with Gasteiger partial charge in [-0.2, -0.15) is 0 Å². The van der Waals surface area contributed by atoms with E-state index < -0.39 is 15.4 Å². The predicted molar refractivity (Wildman–Crippen MR) is 105 cm³/mol. The van der Waals surface area contributed by atoms with E-state index in [0.29, 0.717) is 19.3 Å². The molecule has 2 atom stereocenters. The molecule has 0 aromatic rings. The van der Waals surface area contributed by atoms with Crippen molar-refractivity contribution in [2.75, 3.05) is 0 Å². The molecular weight excluding hydrogens is 359 g/mol. The minimum absolute atomic E-state index is 0. The molecule has 6 heteroatoms. The van der Waals surface area contributed by atoms with Crippen LogP contribution in [-0.2, 0) is 10.1 Å². The second kappa shape index (κ2) is 19.2. The van der Waals surface area contributed by atoms with Gasteiger partial charge in [0.2, 0.25) is 0 Å². The molecule has 0 rings (SSSR count). The van der Waals surface area contributed by atoms with Gasteiger partial charge in [-0.05, 0) is 25.7 Å². The molecule has 0 aromatic heterocycles. The van der Waals surface area contributed by atoms with Gasteiger partial charge in [0.15, 0.2) is 0 Å². The molecule has 152 valence electrons. The Kier molecular flexibility index (Phi) is 21.5. The molecule has 0 spiro atoms. The van der Waals surface area contributed by atoms with E-state index in [1.165, 1.54) is 32.1 Å². The van der Waals surface area contributed by atoms with E-state index in [0.717, 1.165) is 51.4 Å². The summed E-state index contributed by atoms with van der Waals surface area (Å²) < 4.78 is 34.1. The van der Waals surface area contributed by atoms with Crippen molar-refractivity contribution in [3.05, 3.63) is 0 Å². The van der Waals surface area contributed by atoms with Crippen LogP contribution in [0.4, 0.5) is 0 Å². The van der Waals surface area contributed by atoms with Crippen LogP contribution in [0, 0.1) is 0 Å². The van der Waals surface area contributed by atoms with Crippen molar-refractivity contribution in [3.8, 4) is 0 Å². The third-order valence-corrected chi connectivity index (χ3v) is 6.28. The second-order valence-electron chi connectivity index (χ2n) is 7.46. The fourth-order valence-electron chi connectivity index (χ4n) is 3.29. The van der Waals surface area contributed by atoms with E-state index in [9.17, 15) is 18.1 Å². The van der Waals surface area contributed by atoms with E-state index in [1.807, 2.05) is 0 Å². The molecule has 0 aliphatic rings. The quantitative estimate of drug-likeness (QED) is 0.218. The van der Waals surface area contributed by atoms with Crippen LogP contribution in [0.5, 0.6) is 0 Å². The van der Waals surface area contributed by atoms with Gasteiger partial charge in [-0.15, -0.1) is 0 Å². The van der Waals surface area contributed by atoms with Gasteiger partial charge in [-0.25, -0.2) is 8.42 Å². The van der Waals surface area contributed by atoms with Crippen LogP contribution in [0.25, 0.3) is 0 Å². The zero-order chi connectivity index (χ0) is 19.0. The van der Waals surface area contributed by atoms with Crippen molar-refractivity contribution in [1.29, 1.82) is 0 Å². The Balaban J connectivity index is 0. The smallest absolute Gasteiger partial charge is 0.748 e. The van der Waals surface area contributed by atoms with Crippen molar-refractivity contribution in [1.82, 2.24) is 0 Å². The molecule has 4 nitrogen and oxygen atoms in total. The van der Waals surface area contributed by atoms with Crippen molar-refractivity contribution in [2.45, 2.75) is 128 Å². The maximum Gasteiger partial charge on any atom is 1.00 e. The van der Waals surface area contributed by atoms with E-state index >= 15 is 0 Å². The molecular formula is C20H41NaO4S. The average Bonchev–Trinajstić information content (AvgIpc) is 2.55. The zero-order valence-corrected chi connectivity index (χ0v) is 20.4. The van der Waals surface area contributed by atoms with Crippen LogP contribution in [0.1, 0.15) is 117 Å². The normalized spacial score (nSPS) is 14.0. The van der Waals surface area contributed by atoms with E-state index in [-0.39, 0.29) is 35.7 Å². The Bertz CT molecular complexity index is 387. The summed E-state index contributed by atoms with van der Waals surface area (Å²) in [5.41, 5.74) is 0. The molecule has 2 unspecified atom stereocenters. The van der Waals surface area contributed by atoms with Crippen LogP contribution in [-0.4, -0.2) is 29.4 Å². The second-order valence-corrected chi connectivity index (χ2v) is 9.11. The van der Waals surface area contributed by atoms with Crippen LogP contribution >= 0.6 is 0 Å². The monoisotopic (exact) mass is 400 g/mol. The van der Waals surface area contributed by atoms with Crippen LogP contribution in [0.15, 0.2) is 0 Å². The molecule has 0 amide bonds. The molecule has 26 heavy (non-hydrogen) atoms. The molecule has 1 N–H and O–H groups in total. The first-order valence-corrected chi connectivity index (χ1v) is 12.0. The van der Waals surface area contributed by atoms with Crippen LogP contribution in [0.3, 0.4) is 0 Å². The van der Waals surface area contributed by atoms with Gasteiger partial charge in [0, 0.05) is 5.25 Å². The standard InChI is InChI=1S/C20H42O4S.Na/c1-3-5-7-9-10-11-15-19(21)16-13-14-18-20(25(22,23)24)17-12-8-6-4-2;/h19-21H,3-18H2,1-2H3,(H,22,23,24);/q;+1/p-1. The molecule has 0 saturated heterocycles. The summed E-state index contributed by atoms with van der Waals surface area (Å²) >= 11 is 0. The summed E-state index contributed by atoms with van der Waals surface area (Å²) in [7, 11) is -4.19. The molecule has 0 radical (unpaired) electrons. The Morgan fingerprint density at radius 3 is 1.54 bits per heavy atom. The third-order valence-electron chi connectivity index (χ3n) is 4.99. The summed E-state index contributed by atoms with van der Waals surface area (Å²) in [6.45, 7) is 4.32. The van der Waals surface area contributed by atoms with Gasteiger partial charge in [0.05, 0.1) is 16.2 Å². The van der Waals surface area contributed by atoms with Gasteiger partial charge in [-0.3, -0.25) is 0 Å². The molecule has 0 saturated carbocycles. The number of unbranched alkanes of at least 4 members (excludes halogenated alkanes) is 9. The topological polar surface area (TPSA) is 77.4 Å². The van der Waals surface area contributed by atoms with Gasteiger partial charge >= 0.3 is 29.6 Å². The van der Waals surface area contributed by atoms with Crippen LogP contribution in [0.2, 0.25) is 0 Å². The van der Waals surface area contributed by atoms with E-state index in [4.69, 9.17) is 0 Å². The summed E-state index contributed by atoms with van der Waals surface area (Å²) in [4.78, 5) is 0. The number of rotatable bonds is 18. The molecule has 0 fully saturated rings. The molecule has 0 bridgehead atoms. The minimum atomic E-state index is -4.19. The third kappa shape index (κ3) is 18.2. The number of hydrogen-bond acceptors (Lipinski definition) is 4. The summed E-state index contributed by atoms with van der Waals surface area (Å²) in [6.07, 6.45) is 15.1. The Morgan fingerprint density at radius 1 is 0.692 bits per heavy atom. The van der Waals surface area contributed by atoms with E-state index in [1.54, 1.807) is 0 Å². The largest absolute Gasteiger partial charge is 1.00 e. The fourth-order valence-corrected chi connectivity index (χ4v) is 4.20. The Labute approximate surface area is 185 Å². The summed E-state index contributed by atoms with van der Waals surface area (Å²) in [5, 5.41) is 9.26. The summed E-state index contributed by atoms with van der Waals surface area (Å²) in [6, 6.07) is 0. The minimum Gasteiger partial charge on any atom is -0.748 e. The first-order valence-electron chi connectivity index (χ1n) is 10.5. The average molecular weight is 401 g/mol. The number of aliphatic hydroxyl groups is 1. The maximum absolute atomic E-state index is 11.4. The van der Waals surface area contributed by atoms with E-state index in [2.05, 4.69) is 13.8 Å². The van der Waals surface area contributed by atoms with Crippen molar-refractivity contribution in [3.63, 3.8) is 0 Å². The number of hydrogen-bond donors (Lipinski definition) is 1. The zero-order valence-electron chi connectivity index (χ0n) is 17.5. The van der Waals surface area contributed by atoms with Gasteiger partial charge < -0.3 is 9.66 Å². The van der Waals surface area contributed by atoms with Gasteiger partial charge in [-0.1, -0.05) is 90.9 Å². The fraction of sp³-hybridized carbons (Fsp3) is 1.00. The molecule has 0 aliphatic carbocycles. The molecule has 0 aliphatic heterocycles. The Morgan fingerprint density at radius 2 is 1.04 bits per heavy atom. The first kappa shape index (κ1) is 29.1. The summed E-state index contributed by atoms with van der Waals surface area (Å²) in [5.74, 6) is 0. The first-order chi connectivity index (χ1) is 11.9. The van der Waals surface area contributed by atoms with Gasteiger partial charge in [0.25, 0.3) is 0 Å². The number of aliphatic hydroxyl groups excluding tert-OH is 1.